The molecular formula is C12H24N4O2. The van der Waals surface area contributed by atoms with Gasteiger partial charge in [-0.2, -0.15) is 0 Å². The van der Waals surface area contributed by atoms with Crippen LogP contribution in [0.1, 0.15) is 26.2 Å². The van der Waals surface area contributed by atoms with Gasteiger partial charge in [0.05, 0.1) is 6.61 Å². The van der Waals surface area contributed by atoms with Gasteiger partial charge < -0.3 is 20.7 Å². The topological polar surface area (TPSA) is 80.0 Å². The van der Waals surface area contributed by atoms with Crippen LogP contribution in [0.3, 0.4) is 0 Å². The van der Waals surface area contributed by atoms with Crippen LogP contribution in [0.2, 0.25) is 0 Å². The standard InChI is InChI=1S/C12H24N4O2/c1-10(9-18-2)15-12(13)14-8-11(17)16-6-4-3-5-7-16/h10H,3-9H2,1-2H3,(H3,13,14,15). The number of piperidine rings is 1. The van der Waals surface area contributed by atoms with Crippen molar-refractivity contribution < 1.29 is 9.53 Å². The smallest absolute Gasteiger partial charge is 0.244 e. The third kappa shape index (κ3) is 5.35. The van der Waals surface area contributed by atoms with E-state index in [1.807, 2.05) is 11.8 Å². The normalized spacial score (nSPS) is 18.6. The molecule has 1 unspecified atom stereocenters. The van der Waals surface area contributed by atoms with Crippen molar-refractivity contribution in [1.82, 2.24) is 10.2 Å². The lowest BCUT2D eigenvalue weighted by Crippen LogP contribution is -2.42. The summed E-state index contributed by atoms with van der Waals surface area (Å²) in [4.78, 5) is 17.7. The molecule has 1 rings (SSSR count). The fraction of sp³-hybridized carbons (Fsp3) is 0.833. The molecule has 1 fully saturated rings. The van der Waals surface area contributed by atoms with Crippen molar-refractivity contribution in [2.45, 2.75) is 32.2 Å². The van der Waals surface area contributed by atoms with Crippen LogP contribution in [0.15, 0.2) is 4.99 Å². The largest absolute Gasteiger partial charge is 0.383 e. The van der Waals surface area contributed by atoms with Crippen LogP contribution in [0, 0.1) is 0 Å². The van der Waals surface area contributed by atoms with Crippen molar-refractivity contribution in [2.75, 3.05) is 33.4 Å². The molecule has 3 N–H and O–H groups in total. The lowest BCUT2D eigenvalue weighted by atomic mass is 10.1. The number of carbonyl (C=O) groups excluding carboxylic acids is 1. The molecule has 1 atom stereocenters. The second-order valence-electron chi connectivity index (χ2n) is 4.64. The zero-order valence-electron chi connectivity index (χ0n) is 11.3. The molecule has 6 nitrogen and oxygen atoms in total. The predicted molar refractivity (Wildman–Crippen MR) is 71.4 cm³/mol. The molecule has 104 valence electrons. The number of nitrogens with one attached hydrogen (secondary N) is 1. The molecule has 0 aromatic rings. The molecule has 0 spiro atoms. The molecule has 0 saturated carbocycles. The number of methoxy groups -OCH3 is 1. The fourth-order valence-electron chi connectivity index (χ4n) is 1.99. The van der Waals surface area contributed by atoms with Gasteiger partial charge in [0.15, 0.2) is 5.96 Å². The molecule has 1 amide bonds. The Hall–Kier alpha value is -1.30. The number of likely N-dealkylation sites (tertiary alicyclic amines) is 1. The third-order valence-electron chi connectivity index (χ3n) is 2.90. The van der Waals surface area contributed by atoms with Crippen molar-refractivity contribution in [1.29, 1.82) is 0 Å². The number of aliphatic imine (C=N–C) groups is 1. The SMILES string of the molecule is COCC(C)NC(N)=NCC(=O)N1CCCCC1. The first-order chi connectivity index (χ1) is 8.63. The summed E-state index contributed by atoms with van der Waals surface area (Å²) >= 11 is 0. The molecule has 1 heterocycles. The quantitative estimate of drug-likeness (QED) is 0.533. The summed E-state index contributed by atoms with van der Waals surface area (Å²) in [5.41, 5.74) is 5.70. The first-order valence-electron chi connectivity index (χ1n) is 6.46. The minimum atomic E-state index is 0.0545. The Labute approximate surface area is 109 Å². The van der Waals surface area contributed by atoms with E-state index in [1.54, 1.807) is 7.11 Å². The van der Waals surface area contributed by atoms with Crippen molar-refractivity contribution in [3.8, 4) is 0 Å². The lowest BCUT2D eigenvalue weighted by Gasteiger charge is -2.26. The van der Waals surface area contributed by atoms with E-state index in [0.29, 0.717) is 12.6 Å². The number of carbonyl (C=O) groups is 1. The molecule has 0 radical (unpaired) electrons. The fourth-order valence-corrected chi connectivity index (χ4v) is 1.99. The summed E-state index contributed by atoms with van der Waals surface area (Å²) in [6.07, 6.45) is 3.40. The van der Waals surface area contributed by atoms with Gasteiger partial charge in [-0.05, 0) is 26.2 Å². The van der Waals surface area contributed by atoms with Crippen LogP contribution in [0.5, 0.6) is 0 Å². The number of nitrogens with zero attached hydrogens (tertiary/aromatic N) is 2. The van der Waals surface area contributed by atoms with Crippen LogP contribution in [-0.4, -0.2) is 56.2 Å². The van der Waals surface area contributed by atoms with Crippen LogP contribution >= 0.6 is 0 Å². The Balaban J connectivity index is 2.30. The monoisotopic (exact) mass is 256 g/mol. The van der Waals surface area contributed by atoms with Crippen molar-refractivity contribution >= 4 is 11.9 Å². The summed E-state index contributed by atoms with van der Waals surface area (Å²) < 4.78 is 4.98. The van der Waals surface area contributed by atoms with E-state index in [9.17, 15) is 4.79 Å². The molecule has 0 aliphatic carbocycles. The second kappa shape index (κ2) is 7.92. The van der Waals surface area contributed by atoms with Crippen molar-refractivity contribution in [2.24, 2.45) is 10.7 Å². The maximum Gasteiger partial charge on any atom is 0.244 e. The number of amides is 1. The van der Waals surface area contributed by atoms with E-state index < -0.39 is 0 Å². The summed E-state index contributed by atoms with van der Waals surface area (Å²) in [6, 6.07) is 0.0869. The summed E-state index contributed by atoms with van der Waals surface area (Å²) in [5, 5.41) is 2.97. The number of hydrogen-bond donors (Lipinski definition) is 2. The van der Waals surface area contributed by atoms with Crippen molar-refractivity contribution in [3.05, 3.63) is 0 Å². The van der Waals surface area contributed by atoms with Gasteiger partial charge in [0.2, 0.25) is 5.91 Å². The highest BCUT2D eigenvalue weighted by Gasteiger charge is 2.15. The van der Waals surface area contributed by atoms with Gasteiger partial charge in [-0.25, -0.2) is 4.99 Å². The predicted octanol–water partition coefficient (Wildman–Crippen LogP) is -0.0619. The van der Waals surface area contributed by atoms with E-state index in [4.69, 9.17) is 10.5 Å². The van der Waals surface area contributed by atoms with E-state index in [0.717, 1.165) is 25.9 Å². The average Bonchev–Trinajstić information content (AvgIpc) is 2.37. The van der Waals surface area contributed by atoms with Gasteiger partial charge in [0.25, 0.3) is 0 Å². The highest BCUT2D eigenvalue weighted by molar-refractivity contribution is 5.84. The molecule has 1 aliphatic rings. The Morgan fingerprint density at radius 2 is 2.11 bits per heavy atom. The molecule has 1 aliphatic heterocycles. The first-order valence-corrected chi connectivity index (χ1v) is 6.46. The first kappa shape index (κ1) is 14.8. The molecule has 0 bridgehead atoms. The van der Waals surface area contributed by atoms with Gasteiger partial charge in [0, 0.05) is 26.2 Å². The number of guanidine groups is 1. The van der Waals surface area contributed by atoms with E-state index in [1.165, 1.54) is 6.42 Å². The molecule has 6 heteroatoms. The van der Waals surface area contributed by atoms with E-state index in [2.05, 4.69) is 10.3 Å². The Kier molecular flexibility index (Phi) is 6.49. The minimum absolute atomic E-state index is 0.0545. The van der Waals surface area contributed by atoms with Crippen LogP contribution in [0.4, 0.5) is 0 Å². The average molecular weight is 256 g/mol. The molecule has 0 aromatic heterocycles. The van der Waals surface area contributed by atoms with E-state index in [-0.39, 0.29) is 18.5 Å². The second-order valence-corrected chi connectivity index (χ2v) is 4.64. The maximum absolute atomic E-state index is 11.8. The summed E-state index contributed by atoms with van der Waals surface area (Å²) in [7, 11) is 1.63. The van der Waals surface area contributed by atoms with Gasteiger partial charge in [-0.15, -0.1) is 0 Å². The summed E-state index contributed by atoms with van der Waals surface area (Å²) in [6.45, 7) is 4.32. The highest BCUT2D eigenvalue weighted by atomic mass is 16.5. The maximum atomic E-state index is 11.8. The molecule has 0 aromatic carbocycles. The molecule has 18 heavy (non-hydrogen) atoms. The molecule has 1 saturated heterocycles. The van der Waals surface area contributed by atoms with Crippen LogP contribution < -0.4 is 11.1 Å². The van der Waals surface area contributed by atoms with Gasteiger partial charge in [-0.3, -0.25) is 4.79 Å². The summed E-state index contributed by atoms with van der Waals surface area (Å²) in [5.74, 6) is 0.351. The number of rotatable bonds is 5. The third-order valence-corrected chi connectivity index (χ3v) is 2.90. The van der Waals surface area contributed by atoms with E-state index >= 15 is 0 Å². The lowest BCUT2D eigenvalue weighted by molar-refractivity contribution is -0.130. The zero-order valence-corrected chi connectivity index (χ0v) is 11.3. The Morgan fingerprint density at radius 1 is 1.44 bits per heavy atom. The number of nitrogens with two attached hydrogens (primary N) is 1. The Morgan fingerprint density at radius 3 is 2.72 bits per heavy atom. The zero-order chi connectivity index (χ0) is 13.4. The Bertz CT molecular complexity index is 288. The van der Waals surface area contributed by atoms with Gasteiger partial charge in [0.1, 0.15) is 6.54 Å². The number of ether oxygens (including phenoxy) is 1. The van der Waals surface area contributed by atoms with Crippen LogP contribution in [-0.2, 0) is 9.53 Å². The number of hydrogen-bond acceptors (Lipinski definition) is 3. The van der Waals surface area contributed by atoms with Gasteiger partial charge in [-0.1, -0.05) is 0 Å². The molecular weight excluding hydrogens is 232 g/mol. The highest BCUT2D eigenvalue weighted by Crippen LogP contribution is 2.08. The van der Waals surface area contributed by atoms with Crippen LogP contribution in [0.25, 0.3) is 0 Å². The minimum Gasteiger partial charge on any atom is -0.383 e. The van der Waals surface area contributed by atoms with Crippen molar-refractivity contribution in [3.63, 3.8) is 0 Å². The van der Waals surface area contributed by atoms with Gasteiger partial charge >= 0.3 is 0 Å².